The van der Waals surface area contributed by atoms with Crippen molar-refractivity contribution in [2.24, 2.45) is 0 Å². The number of ether oxygens (including phenoxy) is 1. The summed E-state index contributed by atoms with van der Waals surface area (Å²) in [6, 6.07) is 6.98. The second kappa shape index (κ2) is 4.17. The van der Waals surface area contributed by atoms with E-state index in [9.17, 15) is 9.59 Å². The van der Waals surface area contributed by atoms with Gasteiger partial charge < -0.3 is 4.74 Å². The van der Waals surface area contributed by atoms with Crippen LogP contribution >= 0.6 is 0 Å². The number of carbonyl (C=O) groups is 2. The van der Waals surface area contributed by atoms with Crippen LogP contribution in [0.1, 0.15) is 47.4 Å². The SMILES string of the molecule is CCC1OC1(CC)CN1C(=O)c2ccccc2C1=O. The minimum absolute atomic E-state index is 0.168. The fourth-order valence-corrected chi connectivity index (χ4v) is 2.92. The Morgan fingerprint density at radius 3 is 2.16 bits per heavy atom. The highest BCUT2D eigenvalue weighted by atomic mass is 16.6. The van der Waals surface area contributed by atoms with Crippen LogP contribution in [0.3, 0.4) is 0 Å². The molecule has 0 bridgehead atoms. The Morgan fingerprint density at radius 2 is 1.74 bits per heavy atom. The second-order valence-corrected chi connectivity index (χ2v) is 5.18. The van der Waals surface area contributed by atoms with Crippen molar-refractivity contribution in [3.8, 4) is 0 Å². The van der Waals surface area contributed by atoms with Gasteiger partial charge in [0.1, 0.15) is 5.60 Å². The second-order valence-electron chi connectivity index (χ2n) is 5.18. The van der Waals surface area contributed by atoms with Gasteiger partial charge in [-0.05, 0) is 25.0 Å². The van der Waals surface area contributed by atoms with E-state index in [4.69, 9.17) is 4.74 Å². The predicted octanol–water partition coefficient (Wildman–Crippen LogP) is 2.24. The van der Waals surface area contributed by atoms with E-state index >= 15 is 0 Å². The molecule has 3 rings (SSSR count). The fourth-order valence-electron chi connectivity index (χ4n) is 2.92. The molecule has 19 heavy (non-hydrogen) atoms. The van der Waals surface area contributed by atoms with Crippen molar-refractivity contribution in [2.45, 2.75) is 38.4 Å². The van der Waals surface area contributed by atoms with Gasteiger partial charge in [-0.3, -0.25) is 14.5 Å². The van der Waals surface area contributed by atoms with Crippen LogP contribution in [0.5, 0.6) is 0 Å². The summed E-state index contributed by atoms with van der Waals surface area (Å²) in [5, 5.41) is 0. The molecule has 1 aromatic rings. The molecule has 2 heterocycles. The van der Waals surface area contributed by atoms with E-state index in [1.807, 2.05) is 6.92 Å². The summed E-state index contributed by atoms with van der Waals surface area (Å²) in [6.07, 6.45) is 1.90. The van der Waals surface area contributed by atoms with E-state index in [1.165, 1.54) is 4.90 Å². The van der Waals surface area contributed by atoms with Crippen molar-refractivity contribution in [3.05, 3.63) is 35.4 Å². The van der Waals surface area contributed by atoms with Gasteiger partial charge in [-0.2, -0.15) is 0 Å². The molecule has 1 saturated heterocycles. The number of carbonyl (C=O) groups excluding carboxylic acids is 2. The lowest BCUT2D eigenvalue weighted by atomic mass is 10.00. The minimum atomic E-state index is -0.317. The molecule has 2 atom stereocenters. The van der Waals surface area contributed by atoms with Gasteiger partial charge in [-0.25, -0.2) is 0 Å². The van der Waals surface area contributed by atoms with Crippen molar-refractivity contribution in [3.63, 3.8) is 0 Å². The molecule has 1 aromatic carbocycles. The van der Waals surface area contributed by atoms with Crippen LogP contribution in [0.25, 0.3) is 0 Å². The molecule has 1 fully saturated rings. The van der Waals surface area contributed by atoms with Crippen LogP contribution in [-0.4, -0.2) is 35.0 Å². The van der Waals surface area contributed by atoms with Crippen molar-refractivity contribution in [1.82, 2.24) is 4.90 Å². The van der Waals surface area contributed by atoms with Crippen LogP contribution in [-0.2, 0) is 4.74 Å². The largest absolute Gasteiger partial charge is 0.364 e. The lowest BCUT2D eigenvalue weighted by Gasteiger charge is -2.19. The van der Waals surface area contributed by atoms with Gasteiger partial charge in [-0.15, -0.1) is 0 Å². The van der Waals surface area contributed by atoms with E-state index in [1.54, 1.807) is 24.3 Å². The number of benzene rings is 1. The summed E-state index contributed by atoms with van der Waals surface area (Å²) in [4.78, 5) is 25.9. The monoisotopic (exact) mass is 259 g/mol. The molecular weight excluding hydrogens is 242 g/mol. The Balaban J connectivity index is 1.85. The van der Waals surface area contributed by atoms with Crippen LogP contribution in [0.4, 0.5) is 0 Å². The molecule has 0 radical (unpaired) electrons. The van der Waals surface area contributed by atoms with Crippen LogP contribution < -0.4 is 0 Å². The maximum Gasteiger partial charge on any atom is 0.261 e. The lowest BCUT2D eigenvalue weighted by molar-refractivity contribution is 0.0607. The van der Waals surface area contributed by atoms with Crippen molar-refractivity contribution < 1.29 is 14.3 Å². The van der Waals surface area contributed by atoms with Crippen molar-refractivity contribution >= 4 is 11.8 Å². The average Bonchev–Trinajstić information content (AvgIpc) is 3.11. The summed E-state index contributed by atoms with van der Waals surface area (Å²) in [5.41, 5.74) is 0.696. The number of amides is 2. The topological polar surface area (TPSA) is 49.9 Å². The van der Waals surface area contributed by atoms with E-state index in [-0.39, 0.29) is 23.5 Å². The number of hydrogen-bond donors (Lipinski definition) is 0. The zero-order chi connectivity index (χ0) is 13.6. The number of hydrogen-bond acceptors (Lipinski definition) is 3. The first-order valence-corrected chi connectivity index (χ1v) is 6.76. The van der Waals surface area contributed by atoms with Crippen molar-refractivity contribution in [1.29, 1.82) is 0 Å². The first-order valence-electron chi connectivity index (χ1n) is 6.76. The summed E-state index contributed by atoms with van der Waals surface area (Å²) in [6.45, 7) is 4.46. The summed E-state index contributed by atoms with van der Waals surface area (Å²) in [7, 11) is 0. The third kappa shape index (κ3) is 1.70. The Hall–Kier alpha value is -1.68. The predicted molar refractivity (Wildman–Crippen MR) is 70.0 cm³/mol. The fraction of sp³-hybridized carbons (Fsp3) is 0.467. The quantitative estimate of drug-likeness (QED) is 0.615. The zero-order valence-corrected chi connectivity index (χ0v) is 11.2. The van der Waals surface area contributed by atoms with Crippen LogP contribution in [0.2, 0.25) is 0 Å². The number of epoxide rings is 1. The molecule has 0 spiro atoms. The van der Waals surface area contributed by atoms with E-state index in [0.29, 0.717) is 17.7 Å². The number of rotatable bonds is 4. The molecule has 2 unspecified atom stereocenters. The van der Waals surface area contributed by atoms with E-state index in [2.05, 4.69) is 6.92 Å². The van der Waals surface area contributed by atoms with Gasteiger partial charge >= 0.3 is 0 Å². The van der Waals surface area contributed by atoms with Crippen LogP contribution in [0, 0.1) is 0 Å². The highest BCUT2D eigenvalue weighted by molar-refractivity contribution is 6.21. The maximum absolute atomic E-state index is 12.3. The van der Waals surface area contributed by atoms with E-state index in [0.717, 1.165) is 12.8 Å². The van der Waals surface area contributed by atoms with E-state index < -0.39 is 0 Å². The first-order chi connectivity index (χ1) is 9.13. The standard InChI is InChI=1S/C15H17NO3/c1-3-12-15(4-2,19-12)9-16-13(17)10-7-5-6-8-11(10)14(16)18/h5-8,12H,3-4,9H2,1-2H3. The third-order valence-electron chi connectivity index (χ3n) is 4.18. The third-order valence-corrected chi connectivity index (χ3v) is 4.18. The summed E-state index contributed by atoms with van der Waals surface area (Å²) >= 11 is 0. The van der Waals surface area contributed by atoms with Gasteiger partial charge in [0, 0.05) is 0 Å². The maximum atomic E-state index is 12.3. The molecule has 0 saturated carbocycles. The van der Waals surface area contributed by atoms with Crippen LogP contribution in [0.15, 0.2) is 24.3 Å². The normalized spacial score (nSPS) is 28.7. The number of fused-ring (bicyclic) bond motifs is 1. The molecular formula is C15H17NO3. The molecule has 0 N–H and O–H groups in total. The summed E-state index contributed by atoms with van der Waals surface area (Å²) in [5.74, 6) is -0.391. The Morgan fingerprint density at radius 1 is 1.16 bits per heavy atom. The first kappa shape index (κ1) is 12.4. The minimum Gasteiger partial charge on any atom is -0.364 e. The Labute approximate surface area is 112 Å². The Bertz CT molecular complexity index is 519. The average molecular weight is 259 g/mol. The smallest absolute Gasteiger partial charge is 0.261 e. The molecule has 0 aromatic heterocycles. The van der Waals surface area contributed by atoms with Gasteiger partial charge in [0.2, 0.25) is 0 Å². The molecule has 0 aliphatic carbocycles. The summed E-state index contributed by atoms with van der Waals surface area (Å²) < 4.78 is 5.71. The molecule has 4 nitrogen and oxygen atoms in total. The molecule has 2 amide bonds. The van der Waals surface area contributed by atoms with Gasteiger partial charge in [-0.1, -0.05) is 26.0 Å². The van der Waals surface area contributed by atoms with Crippen molar-refractivity contribution in [2.75, 3.05) is 6.54 Å². The molecule has 100 valence electrons. The molecule has 2 aliphatic rings. The van der Waals surface area contributed by atoms with Gasteiger partial charge in [0.05, 0.1) is 23.8 Å². The molecule has 2 aliphatic heterocycles. The van der Waals surface area contributed by atoms with Gasteiger partial charge in [0.15, 0.2) is 0 Å². The Kier molecular flexibility index (Phi) is 2.71. The van der Waals surface area contributed by atoms with Gasteiger partial charge in [0.25, 0.3) is 11.8 Å². The molecule has 4 heteroatoms. The highest BCUT2D eigenvalue weighted by Gasteiger charge is 2.56. The zero-order valence-electron chi connectivity index (χ0n) is 11.2. The highest BCUT2D eigenvalue weighted by Crippen LogP contribution is 2.43. The lowest BCUT2D eigenvalue weighted by Crippen LogP contribution is -2.39. The number of imide groups is 1. The number of nitrogens with zero attached hydrogens (tertiary/aromatic N) is 1.